The van der Waals surface area contributed by atoms with Crippen LogP contribution in [0.5, 0.6) is 0 Å². The number of benzene rings is 2. The van der Waals surface area contributed by atoms with Crippen LogP contribution in [0, 0.1) is 11.3 Å². The highest BCUT2D eigenvalue weighted by Gasteiger charge is 2.16. The molecule has 0 saturated carbocycles. The first-order chi connectivity index (χ1) is 15.6. The zero-order valence-electron chi connectivity index (χ0n) is 18.7. The summed E-state index contributed by atoms with van der Waals surface area (Å²) < 4.78 is 0. The molecule has 0 aliphatic rings. The molecule has 0 aliphatic heterocycles. The number of aliphatic hydroxyl groups is 1. The van der Waals surface area contributed by atoms with E-state index < -0.39 is 0 Å². The van der Waals surface area contributed by atoms with E-state index in [9.17, 15) is 10.4 Å². The van der Waals surface area contributed by atoms with E-state index in [1.807, 2.05) is 41.8 Å². The van der Waals surface area contributed by atoms with Gasteiger partial charge in [0.25, 0.3) is 0 Å². The lowest BCUT2D eigenvalue weighted by Gasteiger charge is -2.04. The molecule has 6 heteroatoms. The van der Waals surface area contributed by atoms with E-state index in [2.05, 4.69) is 24.1 Å². The number of nitrogens with zero attached hydrogens (tertiary/aromatic N) is 2. The van der Waals surface area contributed by atoms with Crippen molar-refractivity contribution in [2.24, 2.45) is 0 Å². The quantitative estimate of drug-likeness (QED) is 0.212. The van der Waals surface area contributed by atoms with Gasteiger partial charge in [-0.15, -0.1) is 11.3 Å². The third-order valence-corrected chi connectivity index (χ3v) is 5.98. The molecule has 4 nitrogen and oxygen atoms in total. The van der Waals surface area contributed by atoms with Gasteiger partial charge >= 0.3 is 0 Å². The Labute approximate surface area is 200 Å². The van der Waals surface area contributed by atoms with E-state index >= 15 is 0 Å². The van der Waals surface area contributed by atoms with Gasteiger partial charge in [0.2, 0.25) is 0 Å². The van der Waals surface area contributed by atoms with Gasteiger partial charge < -0.3 is 10.4 Å². The first kappa shape index (κ1) is 25.6. The SMILES string of the molecule is CCCC[NH2+]CCCC.N#C/C(=C(/O)c1ccccc1Cl)c1nc(-c2ccccc2)cs1. The van der Waals surface area contributed by atoms with Gasteiger partial charge in [0.15, 0.2) is 0 Å². The summed E-state index contributed by atoms with van der Waals surface area (Å²) in [6.45, 7) is 7.15. The molecule has 0 saturated heterocycles. The Morgan fingerprint density at radius 3 is 2.25 bits per heavy atom. The molecule has 0 aliphatic carbocycles. The van der Waals surface area contributed by atoms with E-state index in [0.717, 1.165) is 11.3 Å². The number of hydrogen-bond acceptors (Lipinski definition) is 4. The van der Waals surface area contributed by atoms with Gasteiger partial charge in [-0.3, -0.25) is 0 Å². The van der Waals surface area contributed by atoms with Crippen LogP contribution in [-0.4, -0.2) is 23.2 Å². The predicted octanol–water partition coefficient (Wildman–Crippen LogP) is 6.56. The number of aromatic nitrogens is 1. The van der Waals surface area contributed by atoms with Crippen LogP contribution in [0.25, 0.3) is 22.6 Å². The number of nitriles is 1. The van der Waals surface area contributed by atoms with Gasteiger partial charge in [-0.25, -0.2) is 4.98 Å². The van der Waals surface area contributed by atoms with E-state index in [0.29, 0.717) is 15.6 Å². The zero-order chi connectivity index (χ0) is 23.2. The van der Waals surface area contributed by atoms with Crippen LogP contribution in [0.3, 0.4) is 0 Å². The van der Waals surface area contributed by atoms with E-state index in [1.54, 1.807) is 24.3 Å². The van der Waals surface area contributed by atoms with E-state index in [1.165, 1.54) is 50.1 Å². The Morgan fingerprint density at radius 1 is 1.03 bits per heavy atom. The minimum atomic E-state index is -0.160. The third-order valence-electron chi connectivity index (χ3n) is 4.79. The van der Waals surface area contributed by atoms with E-state index in [-0.39, 0.29) is 11.3 Å². The molecule has 0 spiro atoms. The molecule has 32 heavy (non-hydrogen) atoms. The second kappa shape index (κ2) is 14.4. The zero-order valence-corrected chi connectivity index (χ0v) is 20.3. The highest BCUT2D eigenvalue weighted by molar-refractivity contribution is 7.11. The summed E-state index contributed by atoms with van der Waals surface area (Å²) in [5.41, 5.74) is 2.27. The average molecular weight is 469 g/mol. The molecule has 1 heterocycles. The summed E-state index contributed by atoms with van der Waals surface area (Å²) in [6.07, 6.45) is 5.43. The van der Waals surface area contributed by atoms with Gasteiger partial charge in [0.05, 0.1) is 23.8 Å². The summed E-state index contributed by atoms with van der Waals surface area (Å²) in [5.74, 6) is -0.160. The van der Waals surface area contributed by atoms with Crippen LogP contribution in [0.1, 0.15) is 50.1 Å². The van der Waals surface area contributed by atoms with Crippen LogP contribution in [-0.2, 0) is 0 Å². The van der Waals surface area contributed by atoms with Gasteiger partial charge in [0.1, 0.15) is 22.4 Å². The van der Waals surface area contributed by atoms with Crippen LogP contribution in [0.4, 0.5) is 0 Å². The fraction of sp³-hybridized carbons (Fsp3) is 0.308. The largest absolute Gasteiger partial charge is 0.506 e. The molecule has 0 fully saturated rings. The maximum absolute atomic E-state index is 10.4. The molecule has 1 aromatic heterocycles. The number of aliphatic hydroxyl groups excluding tert-OH is 1. The Balaban J connectivity index is 0.000000344. The average Bonchev–Trinajstić information content (AvgIpc) is 3.31. The molecule has 0 radical (unpaired) electrons. The molecule has 3 aromatic rings. The summed E-state index contributed by atoms with van der Waals surface area (Å²) in [5, 5.41) is 25.0. The lowest BCUT2D eigenvalue weighted by molar-refractivity contribution is -0.655. The first-order valence-corrected chi connectivity index (χ1v) is 12.3. The number of rotatable bonds is 9. The van der Waals surface area contributed by atoms with Gasteiger partial charge in [-0.2, -0.15) is 5.26 Å². The number of quaternary nitrogens is 1. The van der Waals surface area contributed by atoms with Crippen molar-refractivity contribution in [3.8, 4) is 17.3 Å². The minimum absolute atomic E-state index is 0.116. The standard InChI is InChI=1S/C18H11ClN2OS.C8H19N/c19-15-9-5-4-8-13(15)17(22)14(10-20)18-21-16(11-23-18)12-6-2-1-3-7-12;1-3-5-7-9-8-6-4-2/h1-9,11,22H;9H,3-8H2,1-2H3/p+1/b17-14-;. The van der Waals surface area contributed by atoms with Crippen molar-refractivity contribution >= 4 is 34.3 Å². The third kappa shape index (κ3) is 7.80. The molecule has 3 N–H and O–H groups in total. The smallest absolute Gasteiger partial charge is 0.145 e. The van der Waals surface area contributed by atoms with Crippen LogP contribution in [0.2, 0.25) is 5.02 Å². The molecule has 3 rings (SSSR count). The molecule has 168 valence electrons. The van der Waals surface area contributed by atoms with E-state index in [4.69, 9.17) is 11.6 Å². The van der Waals surface area contributed by atoms with Crippen LogP contribution < -0.4 is 5.32 Å². The summed E-state index contributed by atoms with van der Waals surface area (Å²) in [7, 11) is 0. The molecule has 2 aromatic carbocycles. The second-order valence-corrected chi connectivity index (χ2v) is 8.56. The van der Waals surface area contributed by atoms with Gasteiger partial charge in [0, 0.05) is 16.5 Å². The fourth-order valence-corrected chi connectivity index (χ4v) is 4.01. The first-order valence-electron chi connectivity index (χ1n) is 11.0. The van der Waals surface area contributed by atoms with Gasteiger partial charge in [-0.05, 0) is 25.0 Å². The van der Waals surface area contributed by atoms with Crippen molar-refractivity contribution < 1.29 is 10.4 Å². The molecule has 0 bridgehead atoms. The Kier molecular flexibility index (Phi) is 11.5. The molecular formula is C26H31ClN3OS+. The Bertz CT molecular complexity index is 1020. The van der Waals surface area contributed by atoms with Crippen LogP contribution in [0.15, 0.2) is 60.0 Å². The summed E-state index contributed by atoms with van der Waals surface area (Å²) in [4.78, 5) is 4.46. The summed E-state index contributed by atoms with van der Waals surface area (Å²) in [6, 6.07) is 18.6. The topological polar surface area (TPSA) is 73.5 Å². The van der Waals surface area contributed by atoms with Crippen molar-refractivity contribution in [3.63, 3.8) is 0 Å². The van der Waals surface area contributed by atoms with Gasteiger partial charge in [-0.1, -0.05) is 80.8 Å². The van der Waals surface area contributed by atoms with Crippen molar-refractivity contribution in [1.82, 2.24) is 4.98 Å². The van der Waals surface area contributed by atoms with Crippen molar-refractivity contribution in [3.05, 3.63) is 75.6 Å². The highest BCUT2D eigenvalue weighted by atomic mass is 35.5. The predicted molar refractivity (Wildman–Crippen MR) is 136 cm³/mol. The van der Waals surface area contributed by atoms with Crippen LogP contribution >= 0.6 is 22.9 Å². The number of allylic oxidation sites excluding steroid dienone is 1. The maximum Gasteiger partial charge on any atom is 0.145 e. The number of halogens is 1. The molecule has 0 atom stereocenters. The number of unbranched alkanes of at least 4 members (excludes halogenated alkanes) is 2. The Hall–Kier alpha value is -2.65. The normalized spacial score (nSPS) is 11.2. The summed E-state index contributed by atoms with van der Waals surface area (Å²) >= 11 is 7.40. The highest BCUT2D eigenvalue weighted by Crippen LogP contribution is 2.32. The Morgan fingerprint density at radius 2 is 1.66 bits per heavy atom. The maximum atomic E-state index is 10.4. The molecule has 0 amide bonds. The molecule has 0 unspecified atom stereocenters. The fourth-order valence-electron chi connectivity index (χ4n) is 2.96. The lowest BCUT2D eigenvalue weighted by atomic mass is 10.1. The van der Waals surface area contributed by atoms with Crippen molar-refractivity contribution in [2.45, 2.75) is 39.5 Å². The molecular weight excluding hydrogens is 438 g/mol. The number of hydrogen-bond donors (Lipinski definition) is 2. The lowest BCUT2D eigenvalue weighted by Crippen LogP contribution is -2.84. The number of thiazole rings is 1. The number of nitrogens with two attached hydrogens (primary N) is 1. The van der Waals surface area contributed by atoms with Crippen molar-refractivity contribution in [1.29, 1.82) is 5.26 Å². The minimum Gasteiger partial charge on any atom is -0.506 e. The monoisotopic (exact) mass is 468 g/mol. The second-order valence-electron chi connectivity index (χ2n) is 7.29. The van der Waals surface area contributed by atoms with Crippen molar-refractivity contribution in [2.75, 3.05) is 13.1 Å².